The van der Waals surface area contributed by atoms with E-state index in [-0.39, 0.29) is 23.3 Å². The molecule has 1 aliphatic heterocycles. The average molecular weight is 252 g/mol. The average Bonchev–Trinajstić information content (AvgIpc) is 2.38. The van der Waals surface area contributed by atoms with Crippen LogP contribution < -0.4 is 4.90 Å². The molecule has 0 amide bonds. The lowest BCUT2D eigenvalue weighted by Gasteiger charge is -2.34. The quantitative estimate of drug-likeness (QED) is 0.644. The first-order valence-corrected chi connectivity index (χ1v) is 5.85. The molecule has 1 aromatic rings. The molecule has 0 bridgehead atoms. The fourth-order valence-corrected chi connectivity index (χ4v) is 2.20. The predicted molar refractivity (Wildman–Crippen MR) is 66.9 cm³/mol. The fourth-order valence-electron chi connectivity index (χ4n) is 2.20. The van der Waals surface area contributed by atoms with Crippen LogP contribution in [0.1, 0.15) is 5.56 Å². The first-order chi connectivity index (χ1) is 8.63. The van der Waals surface area contributed by atoms with E-state index < -0.39 is 0 Å². The third-order valence-corrected chi connectivity index (χ3v) is 3.16. The monoisotopic (exact) mass is 252 g/mol. The topological polar surface area (TPSA) is 75.8 Å². The van der Waals surface area contributed by atoms with Gasteiger partial charge in [-0.2, -0.15) is 0 Å². The molecule has 18 heavy (non-hydrogen) atoms. The Morgan fingerprint density at radius 2 is 2.39 bits per heavy atom. The number of nitrogens with zero attached hydrogens (tertiary/aromatic N) is 2. The lowest BCUT2D eigenvalue weighted by Crippen LogP contribution is -2.44. The zero-order valence-electron chi connectivity index (χ0n) is 10.2. The van der Waals surface area contributed by atoms with Crippen molar-refractivity contribution in [2.24, 2.45) is 0 Å². The summed E-state index contributed by atoms with van der Waals surface area (Å²) in [5.41, 5.74) is 1.62. The number of aliphatic hydroxyl groups is 1. The van der Waals surface area contributed by atoms with Crippen LogP contribution in [0.25, 0.3) is 0 Å². The second-order valence-electron chi connectivity index (χ2n) is 4.30. The van der Waals surface area contributed by atoms with Crippen LogP contribution in [-0.4, -0.2) is 42.4 Å². The lowest BCUT2D eigenvalue weighted by atomic mass is 10.1. The van der Waals surface area contributed by atoms with Crippen molar-refractivity contribution in [3.63, 3.8) is 0 Å². The summed E-state index contributed by atoms with van der Waals surface area (Å²) in [6.45, 7) is 3.46. The third-order valence-electron chi connectivity index (χ3n) is 3.16. The van der Waals surface area contributed by atoms with Crippen LogP contribution in [0.4, 0.5) is 11.4 Å². The fraction of sp³-hybridized carbons (Fsp3) is 0.500. The highest BCUT2D eigenvalue weighted by atomic mass is 16.6. The molecule has 1 saturated heterocycles. The molecule has 1 fully saturated rings. The van der Waals surface area contributed by atoms with Gasteiger partial charge in [-0.1, -0.05) is 6.07 Å². The number of aliphatic hydroxyl groups excluding tert-OH is 1. The molecule has 6 heteroatoms. The molecule has 1 N–H and O–H groups in total. The van der Waals surface area contributed by atoms with E-state index in [9.17, 15) is 10.1 Å². The second kappa shape index (κ2) is 5.32. The molecular formula is C12H16N2O4. The minimum Gasteiger partial charge on any atom is -0.394 e. The summed E-state index contributed by atoms with van der Waals surface area (Å²) in [4.78, 5) is 12.5. The standard InChI is InChI=1S/C12H16N2O4/c1-9-11(3-2-4-12(9)14(16)17)13-5-6-18-10(7-13)8-15/h2-4,10,15H,5-8H2,1H3. The number of hydrogen-bond acceptors (Lipinski definition) is 5. The van der Waals surface area contributed by atoms with E-state index in [0.29, 0.717) is 25.3 Å². The van der Waals surface area contributed by atoms with Crippen molar-refractivity contribution in [2.45, 2.75) is 13.0 Å². The van der Waals surface area contributed by atoms with Crippen molar-refractivity contribution in [1.82, 2.24) is 0 Å². The summed E-state index contributed by atoms with van der Waals surface area (Å²) < 4.78 is 5.37. The van der Waals surface area contributed by atoms with E-state index in [1.165, 1.54) is 6.07 Å². The highest BCUT2D eigenvalue weighted by molar-refractivity contribution is 5.61. The van der Waals surface area contributed by atoms with Crippen LogP contribution in [0, 0.1) is 17.0 Å². The van der Waals surface area contributed by atoms with Gasteiger partial charge in [-0.3, -0.25) is 10.1 Å². The molecule has 2 rings (SSSR count). The van der Waals surface area contributed by atoms with Crippen LogP contribution in [0.15, 0.2) is 18.2 Å². The number of nitro benzene ring substituents is 1. The van der Waals surface area contributed by atoms with Crippen LogP contribution in [0.2, 0.25) is 0 Å². The summed E-state index contributed by atoms with van der Waals surface area (Å²) in [5.74, 6) is 0. The summed E-state index contributed by atoms with van der Waals surface area (Å²) in [7, 11) is 0. The maximum atomic E-state index is 10.9. The maximum absolute atomic E-state index is 10.9. The molecule has 0 aromatic heterocycles. The van der Waals surface area contributed by atoms with E-state index >= 15 is 0 Å². The Balaban J connectivity index is 2.27. The van der Waals surface area contributed by atoms with Gasteiger partial charge in [-0.25, -0.2) is 0 Å². The molecule has 0 saturated carbocycles. The number of nitro groups is 1. The van der Waals surface area contributed by atoms with E-state index in [4.69, 9.17) is 9.84 Å². The third kappa shape index (κ3) is 2.44. The van der Waals surface area contributed by atoms with Crippen LogP contribution in [-0.2, 0) is 4.74 Å². The number of benzene rings is 1. The predicted octanol–water partition coefficient (Wildman–Crippen LogP) is 1.10. The van der Waals surface area contributed by atoms with Crippen molar-refractivity contribution in [3.05, 3.63) is 33.9 Å². The Labute approximate surface area is 105 Å². The van der Waals surface area contributed by atoms with Gasteiger partial charge in [-0.15, -0.1) is 0 Å². The molecule has 1 aromatic carbocycles. The second-order valence-corrected chi connectivity index (χ2v) is 4.30. The van der Waals surface area contributed by atoms with E-state index in [1.807, 2.05) is 11.0 Å². The molecule has 0 aliphatic carbocycles. The zero-order chi connectivity index (χ0) is 13.1. The summed E-state index contributed by atoms with van der Waals surface area (Å²) >= 11 is 0. The molecule has 6 nitrogen and oxygen atoms in total. The van der Waals surface area contributed by atoms with Gasteiger partial charge in [0.25, 0.3) is 5.69 Å². The largest absolute Gasteiger partial charge is 0.394 e. The molecule has 1 unspecified atom stereocenters. The van der Waals surface area contributed by atoms with Gasteiger partial charge < -0.3 is 14.7 Å². The molecule has 0 radical (unpaired) electrons. The van der Waals surface area contributed by atoms with E-state index in [2.05, 4.69) is 0 Å². The summed E-state index contributed by atoms with van der Waals surface area (Å²) in [6, 6.07) is 5.05. The van der Waals surface area contributed by atoms with Crippen molar-refractivity contribution in [1.29, 1.82) is 0 Å². The number of anilines is 1. The summed E-state index contributed by atoms with van der Waals surface area (Å²) in [6.07, 6.45) is -0.225. The number of rotatable bonds is 3. The number of ether oxygens (including phenoxy) is 1. The van der Waals surface area contributed by atoms with Gasteiger partial charge in [-0.05, 0) is 13.0 Å². The van der Waals surface area contributed by atoms with Gasteiger partial charge in [0.15, 0.2) is 0 Å². The van der Waals surface area contributed by atoms with Gasteiger partial charge in [0.1, 0.15) is 0 Å². The minimum absolute atomic E-state index is 0.0372. The Bertz CT molecular complexity index is 450. The van der Waals surface area contributed by atoms with Crippen molar-refractivity contribution >= 4 is 11.4 Å². The van der Waals surface area contributed by atoms with Gasteiger partial charge in [0.2, 0.25) is 0 Å². The molecule has 98 valence electrons. The number of hydrogen-bond donors (Lipinski definition) is 1. The first kappa shape index (κ1) is 12.8. The molecule has 0 spiro atoms. The van der Waals surface area contributed by atoms with Gasteiger partial charge >= 0.3 is 0 Å². The highest BCUT2D eigenvalue weighted by Crippen LogP contribution is 2.29. The van der Waals surface area contributed by atoms with Crippen LogP contribution >= 0.6 is 0 Å². The van der Waals surface area contributed by atoms with Gasteiger partial charge in [0.05, 0.1) is 29.8 Å². The van der Waals surface area contributed by atoms with Crippen LogP contribution in [0.5, 0.6) is 0 Å². The SMILES string of the molecule is Cc1c(N2CCOC(CO)C2)cccc1[N+](=O)[O-]. The van der Waals surface area contributed by atoms with Crippen molar-refractivity contribution in [2.75, 3.05) is 31.2 Å². The normalized spacial score (nSPS) is 19.9. The van der Waals surface area contributed by atoms with Crippen molar-refractivity contribution < 1.29 is 14.8 Å². The Morgan fingerprint density at radius 3 is 3.06 bits per heavy atom. The Kier molecular flexibility index (Phi) is 3.78. The van der Waals surface area contributed by atoms with Crippen LogP contribution in [0.3, 0.4) is 0 Å². The van der Waals surface area contributed by atoms with Gasteiger partial charge in [0, 0.05) is 24.8 Å². The molecule has 1 aliphatic rings. The maximum Gasteiger partial charge on any atom is 0.274 e. The van der Waals surface area contributed by atoms with Crippen molar-refractivity contribution in [3.8, 4) is 0 Å². The zero-order valence-corrected chi connectivity index (χ0v) is 10.2. The Hall–Kier alpha value is -1.66. The Morgan fingerprint density at radius 1 is 1.61 bits per heavy atom. The smallest absolute Gasteiger partial charge is 0.274 e. The lowest BCUT2D eigenvalue weighted by molar-refractivity contribution is -0.385. The molecule has 1 heterocycles. The van der Waals surface area contributed by atoms with E-state index in [0.717, 1.165) is 5.69 Å². The van der Waals surface area contributed by atoms with E-state index in [1.54, 1.807) is 13.0 Å². The first-order valence-electron chi connectivity index (χ1n) is 5.85. The molecular weight excluding hydrogens is 236 g/mol. The molecule has 1 atom stereocenters. The highest BCUT2D eigenvalue weighted by Gasteiger charge is 2.23. The summed E-state index contributed by atoms with van der Waals surface area (Å²) in [5, 5.41) is 20.0. The minimum atomic E-state index is -0.372. The number of morpholine rings is 1.